The molecule has 1 saturated heterocycles. The fraction of sp³-hybridized carbons (Fsp3) is 0.611. The van der Waals surface area contributed by atoms with Gasteiger partial charge in [-0.3, -0.25) is 4.79 Å². The summed E-state index contributed by atoms with van der Waals surface area (Å²) in [6.45, 7) is 6.32. The second-order valence-electron chi connectivity index (χ2n) is 6.90. The Hall–Kier alpha value is -1.15. The Morgan fingerprint density at radius 3 is 2.73 bits per heavy atom. The minimum Gasteiger partial charge on any atom is -0.352 e. The van der Waals surface area contributed by atoms with Crippen LogP contribution >= 0.6 is 12.4 Å². The quantitative estimate of drug-likeness (QED) is 0.731. The maximum atomic E-state index is 12.6. The molecule has 1 atom stereocenters. The number of nitrogens with one attached hydrogen (secondary N) is 2. The molecule has 1 aromatic carbocycles. The summed E-state index contributed by atoms with van der Waals surface area (Å²) in [4.78, 5) is 12.5. The topological polar surface area (TPSA) is 78.5 Å². The Morgan fingerprint density at radius 2 is 2.12 bits per heavy atom. The molecule has 0 saturated carbocycles. The molecule has 0 bridgehead atoms. The molecule has 8 heteroatoms. The van der Waals surface area contributed by atoms with Crippen molar-refractivity contribution in [3.63, 3.8) is 0 Å². The summed E-state index contributed by atoms with van der Waals surface area (Å²) in [7, 11) is -2.04. The highest BCUT2D eigenvalue weighted by atomic mass is 35.5. The third-order valence-electron chi connectivity index (χ3n) is 4.74. The summed E-state index contributed by atoms with van der Waals surface area (Å²) < 4.78 is 26.4. The summed E-state index contributed by atoms with van der Waals surface area (Å²) in [5.74, 6) is 0.369. The summed E-state index contributed by atoms with van der Waals surface area (Å²) in [6, 6.07) is 6.09. The highest BCUT2D eigenvalue weighted by Crippen LogP contribution is 2.18. The van der Waals surface area contributed by atoms with E-state index in [0.29, 0.717) is 18.0 Å². The number of hydrogen-bond acceptors (Lipinski definition) is 4. The number of piperidine rings is 1. The normalized spacial score (nSPS) is 17.8. The maximum absolute atomic E-state index is 12.6. The van der Waals surface area contributed by atoms with E-state index in [2.05, 4.69) is 10.6 Å². The fourth-order valence-corrected chi connectivity index (χ4v) is 4.32. The van der Waals surface area contributed by atoms with Crippen LogP contribution in [0.4, 0.5) is 0 Å². The van der Waals surface area contributed by atoms with Crippen LogP contribution in [-0.4, -0.2) is 51.4 Å². The lowest BCUT2D eigenvalue weighted by molar-refractivity contribution is 0.0950. The van der Waals surface area contributed by atoms with Crippen LogP contribution in [0.5, 0.6) is 0 Å². The van der Waals surface area contributed by atoms with E-state index >= 15 is 0 Å². The molecule has 1 unspecified atom stereocenters. The summed E-state index contributed by atoms with van der Waals surface area (Å²) in [6.07, 6.45) is 3.31. The maximum Gasteiger partial charge on any atom is 0.251 e. The van der Waals surface area contributed by atoms with Crippen molar-refractivity contribution < 1.29 is 13.2 Å². The Balaban J connectivity index is 0.00000338. The predicted molar refractivity (Wildman–Crippen MR) is 106 cm³/mol. The number of carbonyl (C=O) groups excluding carboxylic acids is 1. The van der Waals surface area contributed by atoms with Crippen LogP contribution < -0.4 is 10.6 Å². The smallest absolute Gasteiger partial charge is 0.251 e. The lowest BCUT2D eigenvalue weighted by atomic mass is 9.96. The second-order valence-corrected chi connectivity index (χ2v) is 8.90. The number of sulfonamides is 1. The molecule has 1 aromatic rings. The van der Waals surface area contributed by atoms with E-state index in [1.807, 2.05) is 13.8 Å². The van der Waals surface area contributed by atoms with Gasteiger partial charge in [0, 0.05) is 25.2 Å². The number of nitrogens with zero attached hydrogens (tertiary/aromatic N) is 1. The molecule has 0 radical (unpaired) electrons. The average molecular weight is 404 g/mol. The van der Waals surface area contributed by atoms with E-state index in [-0.39, 0.29) is 29.3 Å². The minimum absolute atomic E-state index is 0. The van der Waals surface area contributed by atoms with Crippen molar-refractivity contribution in [1.29, 1.82) is 0 Å². The summed E-state index contributed by atoms with van der Waals surface area (Å²) in [5, 5.41) is 6.27. The molecule has 0 spiro atoms. The summed E-state index contributed by atoms with van der Waals surface area (Å²) in [5.41, 5.74) is 0.375. The van der Waals surface area contributed by atoms with E-state index in [0.717, 1.165) is 19.5 Å². The zero-order chi connectivity index (χ0) is 18.4. The number of carbonyl (C=O) groups is 1. The first-order valence-corrected chi connectivity index (χ1v) is 10.3. The van der Waals surface area contributed by atoms with Crippen LogP contribution in [0, 0.1) is 5.92 Å². The van der Waals surface area contributed by atoms with Crippen molar-refractivity contribution in [2.75, 3.05) is 26.7 Å². The predicted octanol–water partition coefficient (Wildman–Crippen LogP) is 2.26. The van der Waals surface area contributed by atoms with E-state index in [9.17, 15) is 13.2 Å². The lowest BCUT2D eigenvalue weighted by Crippen LogP contribution is -2.34. The van der Waals surface area contributed by atoms with Crippen LogP contribution in [0.3, 0.4) is 0 Å². The number of rotatable bonds is 7. The zero-order valence-electron chi connectivity index (χ0n) is 15.7. The molecule has 6 nitrogen and oxygen atoms in total. The Morgan fingerprint density at radius 1 is 1.38 bits per heavy atom. The van der Waals surface area contributed by atoms with Gasteiger partial charge in [-0.05, 0) is 70.3 Å². The zero-order valence-corrected chi connectivity index (χ0v) is 17.3. The van der Waals surface area contributed by atoms with E-state index < -0.39 is 10.0 Å². The van der Waals surface area contributed by atoms with Crippen molar-refractivity contribution in [1.82, 2.24) is 14.9 Å². The Kier molecular flexibility index (Phi) is 9.03. The number of halogens is 1. The van der Waals surface area contributed by atoms with Gasteiger partial charge < -0.3 is 10.6 Å². The van der Waals surface area contributed by atoms with Crippen molar-refractivity contribution in [3.8, 4) is 0 Å². The molecular formula is C18H30ClN3O3S. The molecule has 1 amide bonds. The number of benzene rings is 1. The molecule has 0 aromatic heterocycles. The van der Waals surface area contributed by atoms with E-state index in [4.69, 9.17) is 0 Å². The molecule has 26 heavy (non-hydrogen) atoms. The molecule has 1 fully saturated rings. The van der Waals surface area contributed by atoms with Gasteiger partial charge >= 0.3 is 0 Å². The van der Waals surface area contributed by atoms with Crippen molar-refractivity contribution >= 4 is 28.3 Å². The van der Waals surface area contributed by atoms with Gasteiger partial charge in [0.05, 0.1) is 4.90 Å². The molecule has 0 aliphatic carbocycles. The third-order valence-corrected chi connectivity index (χ3v) is 6.77. The summed E-state index contributed by atoms with van der Waals surface area (Å²) >= 11 is 0. The largest absolute Gasteiger partial charge is 0.352 e. The van der Waals surface area contributed by atoms with Crippen molar-refractivity contribution in [3.05, 3.63) is 29.8 Å². The molecule has 148 valence electrons. The van der Waals surface area contributed by atoms with Crippen LogP contribution in [0.2, 0.25) is 0 Å². The Bertz CT molecular complexity index is 689. The van der Waals surface area contributed by atoms with Gasteiger partial charge in [0.15, 0.2) is 0 Å². The number of hydrogen-bond donors (Lipinski definition) is 2. The van der Waals surface area contributed by atoms with Gasteiger partial charge in [0.1, 0.15) is 0 Å². The lowest BCUT2D eigenvalue weighted by Gasteiger charge is -2.22. The molecule has 1 aliphatic rings. The first-order chi connectivity index (χ1) is 11.8. The number of amides is 1. The van der Waals surface area contributed by atoms with Crippen LogP contribution in [0.1, 0.15) is 43.5 Å². The van der Waals surface area contributed by atoms with Gasteiger partial charge in [-0.2, -0.15) is 4.31 Å². The average Bonchev–Trinajstić information content (AvgIpc) is 2.61. The third kappa shape index (κ3) is 5.94. The molecule has 2 N–H and O–H groups in total. The van der Waals surface area contributed by atoms with Crippen molar-refractivity contribution in [2.45, 2.75) is 44.0 Å². The monoisotopic (exact) mass is 403 g/mol. The van der Waals surface area contributed by atoms with Gasteiger partial charge in [-0.15, -0.1) is 12.4 Å². The van der Waals surface area contributed by atoms with Crippen LogP contribution in [0.15, 0.2) is 29.2 Å². The van der Waals surface area contributed by atoms with Gasteiger partial charge in [0.25, 0.3) is 5.91 Å². The molecular weight excluding hydrogens is 374 g/mol. The van der Waals surface area contributed by atoms with Crippen molar-refractivity contribution in [2.24, 2.45) is 5.92 Å². The van der Waals surface area contributed by atoms with E-state index in [1.54, 1.807) is 19.2 Å². The molecule has 2 rings (SSSR count). The first-order valence-electron chi connectivity index (χ1n) is 8.89. The fourth-order valence-electron chi connectivity index (χ4n) is 2.90. The Labute approximate surface area is 163 Å². The first kappa shape index (κ1) is 22.9. The SMILES string of the molecule is CC(C)N(C)S(=O)(=O)c1cccc(C(=O)NCCC2CCCNC2)c1.Cl. The van der Waals surface area contributed by atoms with Crippen LogP contribution in [0.25, 0.3) is 0 Å². The van der Waals surface area contributed by atoms with Crippen LogP contribution in [-0.2, 0) is 10.0 Å². The van der Waals surface area contributed by atoms with Gasteiger partial charge in [0.2, 0.25) is 10.0 Å². The molecule has 1 heterocycles. The highest BCUT2D eigenvalue weighted by Gasteiger charge is 2.24. The minimum atomic E-state index is -3.59. The van der Waals surface area contributed by atoms with E-state index in [1.165, 1.54) is 29.3 Å². The highest BCUT2D eigenvalue weighted by molar-refractivity contribution is 7.89. The molecule has 1 aliphatic heterocycles. The standard InChI is InChI=1S/C18H29N3O3S.ClH/c1-14(2)21(3)25(23,24)17-8-4-7-16(12-17)18(22)20-11-9-15-6-5-10-19-13-15;/h4,7-8,12,14-15,19H,5-6,9-11,13H2,1-3H3,(H,20,22);1H. The van der Waals surface area contributed by atoms with Gasteiger partial charge in [-0.25, -0.2) is 8.42 Å². The second kappa shape index (κ2) is 10.3. The van der Waals surface area contributed by atoms with Gasteiger partial charge in [-0.1, -0.05) is 6.07 Å².